The molecule has 0 saturated carbocycles. The third kappa shape index (κ3) is 7.25. The van der Waals surface area contributed by atoms with Crippen molar-refractivity contribution in [2.75, 3.05) is 67.4 Å². The van der Waals surface area contributed by atoms with Gasteiger partial charge in [-0.1, -0.05) is 0 Å². The van der Waals surface area contributed by atoms with E-state index in [1.54, 1.807) is 0 Å². The SMILES string of the molecule is COc1cc(C(=O)OCCSCCOC(=O)c2cc(OC)c(OC)c(OC)c2)cc(OC)c1OC. The summed E-state index contributed by atoms with van der Waals surface area (Å²) in [6.07, 6.45) is 0. The second-order valence-electron chi connectivity index (χ2n) is 6.71. The molecule has 35 heavy (non-hydrogen) atoms. The molecule has 0 amide bonds. The van der Waals surface area contributed by atoms with E-state index >= 15 is 0 Å². The van der Waals surface area contributed by atoms with Gasteiger partial charge < -0.3 is 37.9 Å². The quantitative estimate of drug-likeness (QED) is 0.275. The Kier molecular flexibility index (Phi) is 11.1. The second-order valence-corrected chi connectivity index (χ2v) is 7.94. The van der Waals surface area contributed by atoms with E-state index in [0.29, 0.717) is 46.0 Å². The first-order chi connectivity index (χ1) is 16.9. The molecule has 0 saturated heterocycles. The molecule has 2 aromatic rings. The predicted molar refractivity (Wildman–Crippen MR) is 130 cm³/mol. The van der Waals surface area contributed by atoms with Crippen LogP contribution in [-0.4, -0.2) is 79.3 Å². The third-order valence-corrected chi connectivity index (χ3v) is 5.63. The van der Waals surface area contributed by atoms with E-state index < -0.39 is 11.9 Å². The van der Waals surface area contributed by atoms with Crippen LogP contribution in [0.4, 0.5) is 0 Å². The van der Waals surface area contributed by atoms with Crippen molar-refractivity contribution in [3.8, 4) is 34.5 Å². The number of benzene rings is 2. The topological polar surface area (TPSA) is 108 Å². The molecule has 0 aliphatic carbocycles. The van der Waals surface area contributed by atoms with Gasteiger partial charge in [0.15, 0.2) is 23.0 Å². The Morgan fingerprint density at radius 1 is 0.571 bits per heavy atom. The lowest BCUT2D eigenvalue weighted by molar-refractivity contribution is 0.0525. The number of hydrogen-bond acceptors (Lipinski definition) is 11. The number of hydrogen-bond donors (Lipinski definition) is 0. The number of carbonyl (C=O) groups excluding carboxylic acids is 2. The van der Waals surface area contributed by atoms with E-state index in [0.717, 1.165) is 0 Å². The van der Waals surface area contributed by atoms with Crippen molar-refractivity contribution in [2.24, 2.45) is 0 Å². The predicted octanol–water partition coefficient (Wildman–Crippen LogP) is 3.49. The molecule has 0 aliphatic rings. The molecule has 0 unspecified atom stereocenters. The van der Waals surface area contributed by atoms with Gasteiger partial charge in [-0.2, -0.15) is 11.8 Å². The summed E-state index contributed by atoms with van der Waals surface area (Å²) >= 11 is 1.48. The molecular weight excluding hydrogens is 480 g/mol. The van der Waals surface area contributed by atoms with Crippen LogP contribution in [0.2, 0.25) is 0 Å². The zero-order valence-corrected chi connectivity index (χ0v) is 21.4. The average Bonchev–Trinajstić information content (AvgIpc) is 2.90. The van der Waals surface area contributed by atoms with Crippen LogP contribution >= 0.6 is 11.8 Å². The highest BCUT2D eigenvalue weighted by molar-refractivity contribution is 7.99. The summed E-state index contributed by atoms with van der Waals surface area (Å²) < 4.78 is 42.1. The Hall–Kier alpha value is -3.47. The van der Waals surface area contributed by atoms with Gasteiger partial charge in [0, 0.05) is 11.5 Å². The smallest absolute Gasteiger partial charge is 0.338 e. The Morgan fingerprint density at radius 3 is 1.14 bits per heavy atom. The molecule has 0 N–H and O–H groups in total. The zero-order chi connectivity index (χ0) is 25.8. The van der Waals surface area contributed by atoms with Gasteiger partial charge >= 0.3 is 11.9 Å². The van der Waals surface area contributed by atoms with Gasteiger partial charge in [0.05, 0.1) is 53.8 Å². The summed E-state index contributed by atoms with van der Waals surface area (Å²) in [5.41, 5.74) is 0.563. The molecule has 11 heteroatoms. The molecule has 0 aromatic heterocycles. The molecular formula is C24H30O10S. The third-order valence-electron chi connectivity index (χ3n) is 4.72. The average molecular weight is 511 g/mol. The Morgan fingerprint density at radius 2 is 0.886 bits per heavy atom. The lowest BCUT2D eigenvalue weighted by Gasteiger charge is -2.14. The fraction of sp³-hybridized carbons (Fsp3) is 0.417. The first-order valence-electron chi connectivity index (χ1n) is 10.5. The molecule has 0 spiro atoms. The zero-order valence-electron chi connectivity index (χ0n) is 20.6. The molecule has 2 rings (SSSR count). The van der Waals surface area contributed by atoms with Crippen LogP contribution in [0.15, 0.2) is 24.3 Å². The minimum Gasteiger partial charge on any atom is -0.493 e. The molecule has 0 bridgehead atoms. The van der Waals surface area contributed by atoms with Gasteiger partial charge in [0.2, 0.25) is 11.5 Å². The number of ether oxygens (including phenoxy) is 8. The maximum absolute atomic E-state index is 12.4. The fourth-order valence-corrected chi connectivity index (χ4v) is 3.66. The number of thioether (sulfide) groups is 1. The maximum Gasteiger partial charge on any atom is 0.338 e. The van der Waals surface area contributed by atoms with Crippen LogP contribution in [-0.2, 0) is 9.47 Å². The van der Waals surface area contributed by atoms with E-state index in [-0.39, 0.29) is 24.3 Å². The standard InChI is InChI=1S/C24H30O10S/c1-27-17-11-15(12-18(28-2)21(17)31-5)23(25)33-7-9-35-10-8-34-24(26)16-13-19(29-3)22(32-6)20(14-16)30-4/h11-14H,7-10H2,1-6H3. The van der Waals surface area contributed by atoms with E-state index in [9.17, 15) is 9.59 Å². The number of esters is 2. The van der Waals surface area contributed by atoms with Gasteiger partial charge in [-0.15, -0.1) is 0 Å². The van der Waals surface area contributed by atoms with Crippen molar-refractivity contribution >= 4 is 23.7 Å². The molecule has 192 valence electrons. The largest absolute Gasteiger partial charge is 0.493 e. The summed E-state index contributed by atoms with van der Waals surface area (Å²) in [6.45, 7) is 0.363. The summed E-state index contributed by atoms with van der Waals surface area (Å²) in [6, 6.07) is 6.11. The Labute approximate surface area is 208 Å². The molecule has 0 atom stereocenters. The van der Waals surface area contributed by atoms with Crippen molar-refractivity contribution in [3.63, 3.8) is 0 Å². The Balaban J connectivity index is 1.79. The van der Waals surface area contributed by atoms with Crippen LogP contribution in [0, 0.1) is 0 Å². The van der Waals surface area contributed by atoms with E-state index in [1.165, 1.54) is 78.7 Å². The number of rotatable bonds is 14. The molecule has 0 fully saturated rings. The molecule has 10 nitrogen and oxygen atoms in total. The molecule has 0 radical (unpaired) electrons. The summed E-state index contributed by atoms with van der Waals surface area (Å²) in [5.74, 6) is 2.26. The van der Waals surface area contributed by atoms with Crippen LogP contribution < -0.4 is 28.4 Å². The first-order valence-corrected chi connectivity index (χ1v) is 11.6. The van der Waals surface area contributed by atoms with Gasteiger partial charge in [0.25, 0.3) is 0 Å². The van der Waals surface area contributed by atoms with Gasteiger partial charge in [-0.05, 0) is 24.3 Å². The van der Waals surface area contributed by atoms with E-state index in [1.807, 2.05) is 0 Å². The minimum atomic E-state index is -0.515. The van der Waals surface area contributed by atoms with Crippen LogP contribution in [0.1, 0.15) is 20.7 Å². The summed E-state index contributed by atoms with van der Waals surface area (Å²) in [7, 11) is 8.85. The Bertz CT molecular complexity index is 878. The molecule has 0 heterocycles. The van der Waals surface area contributed by atoms with Crippen molar-refractivity contribution < 1.29 is 47.5 Å². The van der Waals surface area contributed by atoms with Crippen LogP contribution in [0.5, 0.6) is 34.5 Å². The van der Waals surface area contributed by atoms with E-state index in [4.69, 9.17) is 37.9 Å². The summed E-state index contributed by atoms with van der Waals surface area (Å²) in [5, 5.41) is 0. The van der Waals surface area contributed by atoms with Crippen molar-refractivity contribution in [3.05, 3.63) is 35.4 Å². The van der Waals surface area contributed by atoms with Gasteiger partial charge in [0.1, 0.15) is 13.2 Å². The lowest BCUT2D eigenvalue weighted by Crippen LogP contribution is -2.11. The highest BCUT2D eigenvalue weighted by Gasteiger charge is 2.19. The normalized spacial score (nSPS) is 10.2. The highest BCUT2D eigenvalue weighted by Crippen LogP contribution is 2.39. The number of carbonyl (C=O) groups is 2. The monoisotopic (exact) mass is 510 g/mol. The minimum absolute atomic E-state index is 0.182. The van der Waals surface area contributed by atoms with Crippen molar-refractivity contribution in [2.45, 2.75) is 0 Å². The van der Waals surface area contributed by atoms with Crippen LogP contribution in [0.25, 0.3) is 0 Å². The molecule has 2 aromatic carbocycles. The van der Waals surface area contributed by atoms with Crippen LogP contribution in [0.3, 0.4) is 0 Å². The van der Waals surface area contributed by atoms with Crippen molar-refractivity contribution in [1.82, 2.24) is 0 Å². The second kappa shape index (κ2) is 14.1. The lowest BCUT2D eigenvalue weighted by atomic mass is 10.2. The molecule has 0 aliphatic heterocycles. The van der Waals surface area contributed by atoms with Crippen molar-refractivity contribution in [1.29, 1.82) is 0 Å². The maximum atomic E-state index is 12.4. The fourth-order valence-electron chi connectivity index (χ4n) is 3.05. The highest BCUT2D eigenvalue weighted by atomic mass is 32.2. The summed E-state index contributed by atoms with van der Waals surface area (Å²) in [4.78, 5) is 24.8. The number of methoxy groups -OCH3 is 6. The first kappa shape index (κ1) is 27.8. The van der Waals surface area contributed by atoms with Gasteiger partial charge in [-0.25, -0.2) is 9.59 Å². The van der Waals surface area contributed by atoms with Gasteiger partial charge in [-0.3, -0.25) is 0 Å². The van der Waals surface area contributed by atoms with E-state index in [2.05, 4.69) is 0 Å².